The van der Waals surface area contributed by atoms with Gasteiger partial charge in [0, 0.05) is 11.8 Å². The number of hydrogen-bond donors (Lipinski definition) is 0. The van der Waals surface area contributed by atoms with Crippen molar-refractivity contribution in [2.75, 3.05) is 13.2 Å². The molecule has 1 aliphatic carbocycles. The third-order valence-electron chi connectivity index (χ3n) is 7.29. The molecule has 2 heterocycles. The van der Waals surface area contributed by atoms with E-state index < -0.39 is 0 Å². The lowest BCUT2D eigenvalue weighted by Gasteiger charge is -2.26. The van der Waals surface area contributed by atoms with E-state index in [9.17, 15) is 0 Å². The van der Waals surface area contributed by atoms with Gasteiger partial charge in [-0.3, -0.25) is 0 Å². The highest BCUT2D eigenvalue weighted by Crippen LogP contribution is 2.38. The average molecular weight is 497 g/mol. The average Bonchev–Trinajstić information content (AvgIpc) is 2.93. The van der Waals surface area contributed by atoms with Crippen molar-refractivity contribution in [3.63, 3.8) is 0 Å². The summed E-state index contributed by atoms with van der Waals surface area (Å²) in [5.41, 5.74) is 0. The van der Waals surface area contributed by atoms with Crippen LogP contribution in [-0.2, 0) is 0 Å². The lowest BCUT2D eigenvalue weighted by Crippen LogP contribution is -2.16. The van der Waals surface area contributed by atoms with Gasteiger partial charge in [-0.2, -0.15) is 0 Å². The zero-order valence-corrected chi connectivity index (χ0v) is 22.8. The molecule has 0 bridgehead atoms. The van der Waals surface area contributed by atoms with Crippen molar-refractivity contribution in [3.8, 4) is 11.5 Å². The van der Waals surface area contributed by atoms with E-state index in [1.54, 1.807) is 0 Å². The van der Waals surface area contributed by atoms with Gasteiger partial charge in [-0.25, -0.2) is 19.9 Å². The molecule has 0 unspecified atom stereocenters. The van der Waals surface area contributed by atoms with Gasteiger partial charge in [0.2, 0.25) is 0 Å². The van der Waals surface area contributed by atoms with Gasteiger partial charge in [-0.05, 0) is 38.5 Å². The third kappa shape index (κ3) is 10.4. The topological polar surface area (TPSA) is 70.0 Å². The Balaban J connectivity index is 1.32. The third-order valence-corrected chi connectivity index (χ3v) is 7.29. The van der Waals surface area contributed by atoms with Gasteiger partial charge >= 0.3 is 0 Å². The molecule has 0 atom stereocenters. The maximum atomic E-state index is 5.84. The second-order valence-corrected chi connectivity index (χ2v) is 10.3. The molecule has 3 rings (SSSR count). The van der Waals surface area contributed by atoms with E-state index in [1.807, 2.05) is 24.8 Å². The molecule has 0 amide bonds. The Labute approximate surface area is 219 Å². The molecule has 0 N–H and O–H groups in total. The summed E-state index contributed by atoms with van der Waals surface area (Å²) < 4.78 is 11.7. The van der Waals surface area contributed by atoms with Gasteiger partial charge in [0.1, 0.15) is 11.6 Å². The highest BCUT2D eigenvalue weighted by atomic mass is 16.5. The molecule has 2 aromatic heterocycles. The monoisotopic (exact) mass is 496 g/mol. The van der Waals surface area contributed by atoms with Crippen LogP contribution >= 0.6 is 0 Å². The standard InChI is InChI=1S/C30H48N4O2/c1-3-5-7-9-11-13-19-35-27-21-31-29(32-22-27)25-15-17-26(18-16-25)30-33-23-28(24-34-30)36-20-14-12-10-8-6-4-2/h21-26H,3-20H2,1-2H3. The highest BCUT2D eigenvalue weighted by Gasteiger charge is 2.26. The molecule has 0 aromatic carbocycles. The quantitative estimate of drug-likeness (QED) is 0.194. The lowest BCUT2D eigenvalue weighted by molar-refractivity contribution is 0.299. The molecule has 1 saturated carbocycles. The number of nitrogens with zero attached hydrogens (tertiary/aromatic N) is 4. The number of ether oxygens (including phenoxy) is 2. The molecule has 1 fully saturated rings. The maximum Gasteiger partial charge on any atom is 0.155 e. The molecule has 36 heavy (non-hydrogen) atoms. The van der Waals surface area contributed by atoms with Crippen LogP contribution in [0, 0.1) is 0 Å². The summed E-state index contributed by atoms with van der Waals surface area (Å²) in [6, 6.07) is 0. The minimum Gasteiger partial charge on any atom is -0.490 e. The van der Waals surface area contributed by atoms with Crippen LogP contribution < -0.4 is 9.47 Å². The zero-order valence-electron chi connectivity index (χ0n) is 22.8. The minimum atomic E-state index is 0.411. The maximum absolute atomic E-state index is 5.84. The van der Waals surface area contributed by atoms with Crippen molar-refractivity contribution in [2.45, 2.75) is 128 Å². The first kappa shape index (κ1) is 28.3. The van der Waals surface area contributed by atoms with Crippen molar-refractivity contribution >= 4 is 0 Å². The predicted octanol–water partition coefficient (Wildman–Crippen LogP) is 8.19. The summed E-state index contributed by atoms with van der Waals surface area (Å²) in [7, 11) is 0. The summed E-state index contributed by atoms with van der Waals surface area (Å²) in [4.78, 5) is 18.5. The lowest BCUT2D eigenvalue weighted by atomic mass is 9.81. The van der Waals surface area contributed by atoms with Crippen molar-refractivity contribution in [2.24, 2.45) is 0 Å². The smallest absolute Gasteiger partial charge is 0.155 e. The highest BCUT2D eigenvalue weighted by molar-refractivity contribution is 5.16. The largest absolute Gasteiger partial charge is 0.490 e. The first-order valence-electron chi connectivity index (χ1n) is 14.7. The second kappa shape index (κ2) is 17.3. The molecule has 6 nitrogen and oxygen atoms in total. The van der Waals surface area contributed by atoms with Gasteiger partial charge in [0.15, 0.2) is 11.5 Å². The number of unbranched alkanes of at least 4 members (excludes halogenated alkanes) is 10. The molecular formula is C30H48N4O2. The second-order valence-electron chi connectivity index (χ2n) is 10.3. The van der Waals surface area contributed by atoms with E-state index >= 15 is 0 Å². The normalized spacial score (nSPS) is 17.7. The number of hydrogen-bond acceptors (Lipinski definition) is 6. The summed E-state index contributed by atoms with van der Waals surface area (Å²) >= 11 is 0. The molecule has 0 aliphatic heterocycles. The van der Waals surface area contributed by atoms with Crippen molar-refractivity contribution in [1.82, 2.24) is 19.9 Å². The van der Waals surface area contributed by atoms with E-state index in [0.29, 0.717) is 11.8 Å². The van der Waals surface area contributed by atoms with E-state index in [-0.39, 0.29) is 0 Å². The Bertz CT molecular complexity index is 735. The first-order chi connectivity index (χ1) is 17.8. The molecule has 0 spiro atoms. The van der Waals surface area contributed by atoms with Gasteiger partial charge in [0.25, 0.3) is 0 Å². The number of rotatable bonds is 18. The van der Waals surface area contributed by atoms with Crippen molar-refractivity contribution in [1.29, 1.82) is 0 Å². The molecule has 2 aromatic rings. The van der Waals surface area contributed by atoms with Crippen LogP contribution in [0.3, 0.4) is 0 Å². The summed E-state index contributed by atoms with van der Waals surface area (Å²) in [6.45, 7) is 6.00. The van der Waals surface area contributed by atoms with Gasteiger partial charge in [-0.1, -0.05) is 78.1 Å². The van der Waals surface area contributed by atoms with Crippen LogP contribution in [0.2, 0.25) is 0 Å². The van der Waals surface area contributed by atoms with E-state index in [2.05, 4.69) is 33.8 Å². The Morgan fingerprint density at radius 2 is 0.861 bits per heavy atom. The molecule has 1 aliphatic rings. The Hall–Kier alpha value is -2.24. The van der Waals surface area contributed by atoms with E-state index in [0.717, 1.165) is 74.9 Å². The Morgan fingerprint density at radius 1 is 0.528 bits per heavy atom. The van der Waals surface area contributed by atoms with Crippen LogP contribution in [0.15, 0.2) is 24.8 Å². The van der Waals surface area contributed by atoms with E-state index in [1.165, 1.54) is 64.2 Å². The minimum absolute atomic E-state index is 0.411. The van der Waals surface area contributed by atoms with Crippen LogP contribution in [-0.4, -0.2) is 33.1 Å². The van der Waals surface area contributed by atoms with Crippen molar-refractivity contribution < 1.29 is 9.47 Å². The number of aromatic nitrogens is 4. The summed E-state index contributed by atoms with van der Waals surface area (Å²) in [5, 5.41) is 0. The summed E-state index contributed by atoms with van der Waals surface area (Å²) in [6.07, 6.45) is 26.9. The molecule has 200 valence electrons. The molecule has 0 radical (unpaired) electrons. The van der Waals surface area contributed by atoms with Gasteiger partial charge in [0.05, 0.1) is 38.0 Å². The zero-order chi connectivity index (χ0) is 25.3. The molecule has 0 saturated heterocycles. The van der Waals surface area contributed by atoms with Gasteiger partial charge in [-0.15, -0.1) is 0 Å². The van der Waals surface area contributed by atoms with Crippen molar-refractivity contribution in [3.05, 3.63) is 36.4 Å². The van der Waals surface area contributed by atoms with Crippen LogP contribution in [0.1, 0.15) is 140 Å². The fraction of sp³-hybridized carbons (Fsp3) is 0.733. The summed E-state index contributed by atoms with van der Waals surface area (Å²) in [5.74, 6) is 4.28. The van der Waals surface area contributed by atoms with Crippen LogP contribution in [0.25, 0.3) is 0 Å². The fourth-order valence-electron chi connectivity index (χ4n) is 4.98. The van der Waals surface area contributed by atoms with Gasteiger partial charge < -0.3 is 9.47 Å². The van der Waals surface area contributed by atoms with E-state index in [4.69, 9.17) is 9.47 Å². The molecule has 6 heteroatoms. The Morgan fingerprint density at radius 3 is 1.22 bits per heavy atom. The fourth-order valence-corrected chi connectivity index (χ4v) is 4.98. The SMILES string of the molecule is CCCCCCCCOc1cnc(C2CCC(c3ncc(OCCCCCCCC)cn3)CC2)nc1. The van der Waals surface area contributed by atoms with Crippen LogP contribution in [0.5, 0.6) is 11.5 Å². The molecular weight excluding hydrogens is 448 g/mol. The van der Waals surface area contributed by atoms with Crippen LogP contribution in [0.4, 0.5) is 0 Å². The Kier molecular flexibility index (Phi) is 13.6. The predicted molar refractivity (Wildman–Crippen MR) is 146 cm³/mol. The first-order valence-corrected chi connectivity index (χ1v) is 14.7.